The topological polar surface area (TPSA) is 20.5 Å². The summed E-state index contributed by atoms with van der Waals surface area (Å²) < 4.78 is 2.48. The highest BCUT2D eigenvalue weighted by molar-refractivity contribution is 6.11. The highest BCUT2D eigenvalue weighted by Crippen LogP contribution is 2.32. The van der Waals surface area contributed by atoms with Gasteiger partial charge < -0.3 is 4.57 Å². The van der Waals surface area contributed by atoms with E-state index in [0.29, 0.717) is 5.92 Å². The van der Waals surface area contributed by atoms with Crippen molar-refractivity contribution < 1.29 is 0 Å². The number of aromatic nitrogens is 1. The predicted molar refractivity (Wildman–Crippen MR) is 182 cm³/mol. The van der Waals surface area contributed by atoms with Crippen molar-refractivity contribution in [2.24, 2.45) is 11.0 Å². The Bertz CT molecular complexity index is 1840. The molecule has 0 amide bonds. The number of hydrazone groups is 1. The summed E-state index contributed by atoms with van der Waals surface area (Å²) in [5, 5.41) is 9.80. The molecular weight excluding hydrogens is 510 g/mol. The van der Waals surface area contributed by atoms with Crippen molar-refractivity contribution in [1.82, 2.24) is 4.57 Å². The zero-order chi connectivity index (χ0) is 28.9. The van der Waals surface area contributed by atoms with Crippen LogP contribution in [0.3, 0.4) is 0 Å². The average Bonchev–Trinajstić information content (AvgIpc) is 3.35. The zero-order valence-corrected chi connectivity index (χ0v) is 24.6. The summed E-state index contributed by atoms with van der Waals surface area (Å²) >= 11 is 0. The fraction of sp³-hybridized carbons (Fsp3) is 0.154. The molecule has 1 heterocycles. The lowest BCUT2D eigenvalue weighted by atomic mass is 10.1. The Kier molecular flexibility index (Phi) is 8.00. The minimum Gasteiger partial charge on any atom is -0.340 e. The lowest BCUT2D eigenvalue weighted by molar-refractivity contribution is 0.531. The molecular formula is C39H37N3. The Balaban J connectivity index is 1.35. The van der Waals surface area contributed by atoms with Gasteiger partial charge in [0.1, 0.15) is 0 Å². The monoisotopic (exact) mass is 547 g/mol. The number of fused-ring (bicyclic) bond motifs is 3. The molecule has 0 radical (unpaired) electrons. The SMILES string of the molecule is CC(=NN(c1ccccc1)c1ccc(C=Cc2ccccc2)cc1)c1ccc2c(c1)c1ccccc1n2CCC(C)C. The smallest absolute Gasteiger partial charge is 0.0655 e. The molecule has 6 rings (SSSR count). The molecule has 0 saturated carbocycles. The van der Waals surface area contributed by atoms with Crippen molar-refractivity contribution in [2.45, 2.75) is 33.7 Å². The van der Waals surface area contributed by atoms with Gasteiger partial charge in [0.15, 0.2) is 0 Å². The number of anilines is 2. The van der Waals surface area contributed by atoms with E-state index in [1.165, 1.54) is 27.4 Å². The molecule has 0 saturated heterocycles. The molecule has 3 nitrogen and oxygen atoms in total. The third-order valence-corrected chi connectivity index (χ3v) is 7.78. The third kappa shape index (κ3) is 5.91. The number of hydrogen-bond donors (Lipinski definition) is 0. The second-order valence-electron chi connectivity index (χ2n) is 11.3. The van der Waals surface area contributed by atoms with E-state index in [4.69, 9.17) is 5.10 Å². The second kappa shape index (κ2) is 12.3. The van der Waals surface area contributed by atoms with Crippen LogP contribution >= 0.6 is 0 Å². The summed E-state index contributed by atoms with van der Waals surface area (Å²) in [7, 11) is 0. The van der Waals surface area contributed by atoms with Gasteiger partial charge >= 0.3 is 0 Å². The van der Waals surface area contributed by atoms with Crippen molar-refractivity contribution >= 4 is 51.0 Å². The van der Waals surface area contributed by atoms with E-state index in [1.54, 1.807) is 0 Å². The molecule has 0 aliphatic rings. The summed E-state index contributed by atoms with van der Waals surface area (Å²) in [6.45, 7) is 7.71. The quantitative estimate of drug-likeness (QED) is 0.100. The van der Waals surface area contributed by atoms with Gasteiger partial charge in [0.05, 0.1) is 17.1 Å². The maximum absolute atomic E-state index is 5.19. The van der Waals surface area contributed by atoms with Crippen LogP contribution in [-0.2, 0) is 6.54 Å². The summed E-state index contributed by atoms with van der Waals surface area (Å²) in [4.78, 5) is 0. The van der Waals surface area contributed by atoms with E-state index < -0.39 is 0 Å². The van der Waals surface area contributed by atoms with Crippen molar-refractivity contribution in [2.75, 3.05) is 5.01 Å². The van der Waals surface area contributed by atoms with Crippen LogP contribution in [0.5, 0.6) is 0 Å². The molecule has 1 aromatic heterocycles. The minimum atomic E-state index is 0.660. The molecule has 0 atom stereocenters. The highest BCUT2D eigenvalue weighted by atomic mass is 15.5. The minimum absolute atomic E-state index is 0.660. The number of benzene rings is 5. The molecule has 0 N–H and O–H groups in total. The van der Waals surface area contributed by atoms with Gasteiger partial charge in [-0.2, -0.15) is 5.10 Å². The lowest BCUT2D eigenvalue weighted by Crippen LogP contribution is -2.12. The van der Waals surface area contributed by atoms with Crippen LogP contribution in [0.1, 0.15) is 43.9 Å². The Labute approximate surface area is 249 Å². The summed E-state index contributed by atoms with van der Waals surface area (Å²) in [5.74, 6) is 0.660. The molecule has 0 unspecified atom stereocenters. The van der Waals surface area contributed by atoms with E-state index >= 15 is 0 Å². The number of nitrogens with zero attached hydrogens (tertiary/aromatic N) is 3. The molecule has 5 aromatic carbocycles. The van der Waals surface area contributed by atoms with Gasteiger partial charge in [0, 0.05) is 28.4 Å². The van der Waals surface area contributed by atoms with Crippen molar-refractivity contribution in [3.8, 4) is 0 Å². The molecule has 42 heavy (non-hydrogen) atoms. The number of para-hydroxylation sites is 2. The summed E-state index contributed by atoms with van der Waals surface area (Å²) in [6.07, 6.45) is 5.44. The highest BCUT2D eigenvalue weighted by Gasteiger charge is 2.14. The molecule has 0 bridgehead atoms. The molecule has 6 aromatic rings. The van der Waals surface area contributed by atoms with Crippen molar-refractivity contribution in [3.05, 3.63) is 144 Å². The lowest BCUT2D eigenvalue weighted by Gasteiger charge is -2.21. The first-order valence-corrected chi connectivity index (χ1v) is 14.8. The van der Waals surface area contributed by atoms with Crippen LogP contribution in [0, 0.1) is 5.92 Å². The second-order valence-corrected chi connectivity index (χ2v) is 11.3. The maximum Gasteiger partial charge on any atom is 0.0655 e. The van der Waals surface area contributed by atoms with Crippen LogP contribution in [0.25, 0.3) is 34.0 Å². The van der Waals surface area contributed by atoms with Gasteiger partial charge in [0.2, 0.25) is 0 Å². The third-order valence-electron chi connectivity index (χ3n) is 7.78. The van der Waals surface area contributed by atoms with Crippen LogP contribution in [0.15, 0.2) is 132 Å². The first-order chi connectivity index (χ1) is 20.6. The first-order valence-electron chi connectivity index (χ1n) is 14.8. The van der Waals surface area contributed by atoms with Gasteiger partial charge in [0.25, 0.3) is 0 Å². The van der Waals surface area contributed by atoms with Gasteiger partial charge in [-0.15, -0.1) is 0 Å². The number of hydrogen-bond acceptors (Lipinski definition) is 2. The Morgan fingerprint density at radius 3 is 1.98 bits per heavy atom. The van der Waals surface area contributed by atoms with E-state index in [9.17, 15) is 0 Å². The van der Waals surface area contributed by atoms with Crippen LogP contribution in [-0.4, -0.2) is 10.3 Å². The number of rotatable bonds is 9. The largest absolute Gasteiger partial charge is 0.340 e. The Hall–Kier alpha value is -4.89. The first kappa shape index (κ1) is 27.3. The van der Waals surface area contributed by atoms with Gasteiger partial charge in [-0.3, -0.25) is 0 Å². The summed E-state index contributed by atoms with van der Waals surface area (Å²) in [5.41, 5.74) is 9.05. The van der Waals surface area contributed by atoms with E-state index in [0.717, 1.165) is 41.2 Å². The number of aryl methyl sites for hydroxylation is 1. The Morgan fingerprint density at radius 2 is 1.26 bits per heavy atom. The van der Waals surface area contributed by atoms with Crippen molar-refractivity contribution in [1.29, 1.82) is 0 Å². The Morgan fingerprint density at radius 1 is 0.667 bits per heavy atom. The molecule has 0 aliphatic carbocycles. The van der Waals surface area contributed by atoms with Gasteiger partial charge in [-0.05, 0) is 78.4 Å². The predicted octanol–water partition coefficient (Wildman–Crippen LogP) is 10.6. The fourth-order valence-corrected chi connectivity index (χ4v) is 5.43. The zero-order valence-electron chi connectivity index (χ0n) is 24.6. The van der Waals surface area contributed by atoms with Crippen LogP contribution in [0.2, 0.25) is 0 Å². The van der Waals surface area contributed by atoms with Crippen LogP contribution in [0.4, 0.5) is 11.4 Å². The van der Waals surface area contributed by atoms with E-state index in [-0.39, 0.29) is 0 Å². The van der Waals surface area contributed by atoms with E-state index in [2.05, 4.69) is 153 Å². The molecule has 0 spiro atoms. The van der Waals surface area contributed by atoms with Crippen molar-refractivity contribution in [3.63, 3.8) is 0 Å². The van der Waals surface area contributed by atoms with Gasteiger partial charge in [-0.25, -0.2) is 5.01 Å². The van der Waals surface area contributed by atoms with E-state index in [1.807, 2.05) is 17.1 Å². The molecule has 0 aliphatic heterocycles. The fourth-order valence-electron chi connectivity index (χ4n) is 5.43. The van der Waals surface area contributed by atoms with Gasteiger partial charge in [-0.1, -0.05) is 111 Å². The average molecular weight is 548 g/mol. The summed E-state index contributed by atoms with van der Waals surface area (Å²) in [6, 6.07) is 44.9. The maximum atomic E-state index is 5.19. The molecule has 0 fully saturated rings. The standard InChI is InChI=1S/C39H37N3/c1-29(2)26-27-41-38-17-11-10-16-36(38)37-28-33(22-25-39(37)41)30(3)40-42(34-14-8-5-9-15-34)35-23-20-32(21-24-35)19-18-31-12-6-4-7-13-31/h4-25,28-29H,26-27H2,1-3H3. The molecule has 3 heteroatoms. The normalized spacial score (nSPS) is 12.1. The molecule has 208 valence electrons. The van der Waals surface area contributed by atoms with Crippen LogP contribution < -0.4 is 5.01 Å².